The van der Waals surface area contributed by atoms with Crippen LogP contribution in [0.2, 0.25) is 10.0 Å². The molecule has 3 rings (SSSR count). The van der Waals surface area contributed by atoms with Gasteiger partial charge in [-0.05, 0) is 48.9 Å². The van der Waals surface area contributed by atoms with Gasteiger partial charge in [0, 0.05) is 34.3 Å². The average Bonchev–Trinajstić information content (AvgIpc) is 3.07. The first kappa shape index (κ1) is 19.1. The van der Waals surface area contributed by atoms with Gasteiger partial charge in [0.2, 0.25) is 5.91 Å². The van der Waals surface area contributed by atoms with E-state index >= 15 is 0 Å². The van der Waals surface area contributed by atoms with Crippen molar-refractivity contribution < 1.29 is 14.3 Å². The molecule has 0 aromatic heterocycles. The largest absolute Gasteiger partial charge is 0.461 e. The number of hydrogen-bond donors (Lipinski definition) is 0. The van der Waals surface area contributed by atoms with Gasteiger partial charge in [0.1, 0.15) is 6.61 Å². The number of carbonyl (C=O) groups excluding carboxylic acids is 2. The van der Waals surface area contributed by atoms with Gasteiger partial charge in [-0.2, -0.15) is 0 Å². The molecule has 0 saturated carbocycles. The molecule has 0 aliphatic carbocycles. The summed E-state index contributed by atoms with van der Waals surface area (Å²) in [5.41, 5.74) is 1.28. The van der Waals surface area contributed by atoms with Gasteiger partial charge in [0.15, 0.2) is 0 Å². The molecule has 0 atom stereocenters. The maximum atomic E-state index is 12.1. The Balaban J connectivity index is 1.49. The molecule has 136 valence electrons. The Morgan fingerprint density at radius 2 is 1.92 bits per heavy atom. The van der Waals surface area contributed by atoms with Gasteiger partial charge in [-0.3, -0.25) is 4.79 Å². The molecule has 7 heteroatoms. The fourth-order valence-corrected chi connectivity index (χ4v) is 3.98. The second-order valence-corrected chi connectivity index (χ2v) is 7.74. The van der Waals surface area contributed by atoms with Crippen LogP contribution in [-0.2, 0) is 9.53 Å². The molecule has 1 saturated heterocycles. The zero-order valence-corrected chi connectivity index (χ0v) is 16.2. The molecule has 2 aromatic carbocycles. The van der Waals surface area contributed by atoms with Gasteiger partial charge < -0.3 is 9.64 Å². The van der Waals surface area contributed by atoms with Crippen molar-refractivity contribution in [1.82, 2.24) is 0 Å². The van der Waals surface area contributed by atoms with E-state index in [1.54, 1.807) is 47.4 Å². The number of carbonyl (C=O) groups is 2. The second kappa shape index (κ2) is 8.80. The highest BCUT2D eigenvalue weighted by Crippen LogP contribution is 2.29. The van der Waals surface area contributed by atoms with Gasteiger partial charge in [-0.1, -0.05) is 23.2 Å². The van der Waals surface area contributed by atoms with Crippen molar-refractivity contribution in [3.05, 3.63) is 58.1 Å². The van der Waals surface area contributed by atoms with E-state index in [1.165, 1.54) is 11.8 Å². The molecule has 1 fully saturated rings. The molecule has 0 bridgehead atoms. The average molecular weight is 410 g/mol. The molecule has 26 heavy (non-hydrogen) atoms. The van der Waals surface area contributed by atoms with Crippen LogP contribution in [0.3, 0.4) is 0 Å². The summed E-state index contributed by atoms with van der Waals surface area (Å²) in [4.78, 5) is 26.5. The lowest BCUT2D eigenvalue weighted by atomic mass is 10.2. The molecule has 0 radical (unpaired) electrons. The normalized spacial score (nSPS) is 13.9. The Morgan fingerprint density at radius 3 is 2.62 bits per heavy atom. The molecule has 1 aliphatic rings. The van der Waals surface area contributed by atoms with E-state index in [2.05, 4.69) is 0 Å². The first-order valence-corrected chi connectivity index (χ1v) is 9.94. The maximum absolute atomic E-state index is 12.1. The van der Waals surface area contributed by atoms with Crippen molar-refractivity contribution in [2.45, 2.75) is 17.7 Å². The molecule has 0 N–H and O–H groups in total. The number of hydrogen-bond acceptors (Lipinski definition) is 4. The first-order chi connectivity index (χ1) is 12.5. The van der Waals surface area contributed by atoms with Crippen molar-refractivity contribution in [3.63, 3.8) is 0 Å². The third-order valence-corrected chi connectivity index (χ3v) is 5.65. The summed E-state index contributed by atoms with van der Waals surface area (Å²) in [5, 5.41) is 1.24. The molecule has 0 unspecified atom stereocenters. The Morgan fingerprint density at radius 1 is 1.15 bits per heavy atom. The molecular formula is C19H17Cl2NO3S. The van der Waals surface area contributed by atoms with E-state index in [-0.39, 0.29) is 18.5 Å². The third kappa shape index (κ3) is 4.72. The molecule has 1 heterocycles. The van der Waals surface area contributed by atoms with Crippen LogP contribution >= 0.6 is 35.0 Å². The number of halogens is 2. The van der Waals surface area contributed by atoms with Crippen molar-refractivity contribution in [1.29, 1.82) is 0 Å². The highest BCUT2D eigenvalue weighted by atomic mass is 35.5. The summed E-state index contributed by atoms with van der Waals surface area (Å²) in [7, 11) is 0. The highest BCUT2D eigenvalue weighted by Gasteiger charge is 2.21. The molecule has 1 aliphatic heterocycles. The predicted octanol–water partition coefficient (Wildman–Crippen LogP) is 5.07. The summed E-state index contributed by atoms with van der Waals surface area (Å²) in [6.07, 6.45) is 1.45. The van der Waals surface area contributed by atoms with Gasteiger partial charge in [0.25, 0.3) is 0 Å². The minimum atomic E-state index is -0.387. The van der Waals surface area contributed by atoms with E-state index < -0.39 is 0 Å². The fraction of sp³-hybridized carbons (Fsp3) is 0.263. The Hall–Kier alpha value is -1.69. The lowest BCUT2D eigenvalue weighted by molar-refractivity contribution is -0.117. The van der Waals surface area contributed by atoms with E-state index in [4.69, 9.17) is 27.9 Å². The zero-order chi connectivity index (χ0) is 18.5. The van der Waals surface area contributed by atoms with Crippen molar-refractivity contribution in [3.8, 4) is 0 Å². The summed E-state index contributed by atoms with van der Waals surface area (Å²) >= 11 is 13.5. The van der Waals surface area contributed by atoms with Crippen molar-refractivity contribution in [2.75, 3.05) is 23.8 Å². The Bertz CT molecular complexity index is 811. The van der Waals surface area contributed by atoms with E-state index in [0.29, 0.717) is 27.8 Å². The van der Waals surface area contributed by atoms with Crippen LogP contribution in [0.4, 0.5) is 5.69 Å². The highest BCUT2D eigenvalue weighted by molar-refractivity contribution is 7.99. The number of benzene rings is 2. The number of amides is 1. The maximum Gasteiger partial charge on any atom is 0.338 e. The standard InChI is InChI=1S/C19H17Cl2NO3S/c20-14-5-8-16(21)17(12-14)26-11-10-25-19(24)13-3-6-15(7-4-13)22-9-1-2-18(22)23/h3-8,12H,1-2,9-11H2. The Kier molecular flexibility index (Phi) is 6.46. The third-order valence-electron chi connectivity index (χ3n) is 3.96. The lowest BCUT2D eigenvalue weighted by Crippen LogP contribution is -2.23. The zero-order valence-electron chi connectivity index (χ0n) is 13.9. The van der Waals surface area contributed by atoms with Crippen LogP contribution in [0.1, 0.15) is 23.2 Å². The lowest BCUT2D eigenvalue weighted by Gasteiger charge is -2.15. The minimum absolute atomic E-state index is 0.122. The van der Waals surface area contributed by atoms with Gasteiger partial charge in [-0.25, -0.2) is 4.79 Å². The van der Waals surface area contributed by atoms with E-state index in [9.17, 15) is 9.59 Å². The number of rotatable bonds is 6. The number of nitrogens with zero attached hydrogens (tertiary/aromatic N) is 1. The van der Waals surface area contributed by atoms with Gasteiger partial charge in [0.05, 0.1) is 10.6 Å². The first-order valence-electron chi connectivity index (χ1n) is 8.20. The van der Waals surface area contributed by atoms with Crippen molar-refractivity contribution in [2.24, 2.45) is 0 Å². The summed E-state index contributed by atoms with van der Waals surface area (Å²) < 4.78 is 5.29. The molecular weight excluding hydrogens is 393 g/mol. The minimum Gasteiger partial charge on any atom is -0.461 e. The van der Waals surface area contributed by atoms with Crippen LogP contribution in [0.15, 0.2) is 47.4 Å². The van der Waals surface area contributed by atoms with Gasteiger partial charge in [-0.15, -0.1) is 11.8 Å². The van der Waals surface area contributed by atoms with Crippen LogP contribution in [-0.4, -0.2) is 30.8 Å². The molecule has 4 nitrogen and oxygen atoms in total. The molecule has 2 aromatic rings. The van der Waals surface area contributed by atoms with Crippen LogP contribution < -0.4 is 4.90 Å². The molecule has 0 spiro atoms. The van der Waals surface area contributed by atoms with Crippen LogP contribution in [0.5, 0.6) is 0 Å². The topological polar surface area (TPSA) is 46.6 Å². The monoisotopic (exact) mass is 409 g/mol. The molecule has 1 amide bonds. The summed E-state index contributed by atoms with van der Waals surface area (Å²) in [6.45, 7) is 0.991. The summed E-state index contributed by atoms with van der Waals surface area (Å²) in [5.74, 6) is 0.311. The SMILES string of the molecule is O=C(OCCSc1cc(Cl)ccc1Cl)c1ccc(N2CCCC2=O)cc1. The second-order valence-electron chi connectivity index (χ2n) is 5.75. The van der Waals surface area contributed by atoms with Crippen LogP contribution in [0.25, 0.3) is 0 Å². The predicted molar refractivity (Wildman–Crippen MR) is 105 cm³/mol. The quantitative estimate of drug-likeness (QED) is 0.379. The number of ether oxygens (including phenoxy) is 1. The fourth-order valence-electron chi connectivity index (χ4n) is 2.66. The van der Waals surface area contributed by atoms with E-state index in [1.807, 2.05) is 0 Å². The number of esters is 1. The number of anilines is 1. The number of thioether (sulfide) groups is 1. The van der Waals surface area contributed by atoms with Gasteiger partial charge >= 0.3 is 5.97 Å². The van der Waals surface area contributed by atoms with Crippen molar-refractivity contribution >= 4 is 52.5 Å². The smallest absolute Gasteiger partial charge is 0.338 e. The Labute approximate surface area is 166 Å². The summed E-state index contributed by atoms with van der Waals surface area (Å²) in [6, 6.07) is 12.2. The van der Waals surface area contributed by atoms with Crippen LogP contribution in [0, 0.1) is 0 Å². The van der Waals surface area contributed by atoms with E-state index in [0.717, 1.165) is 23.5 Å².